The summed E-state index contributed by atoms with van der Waals surface area (Å²) in [5.41, 5.74) is -0.619. The molecule has 0 radical (unpaired) electrons. The zero-order chi connectivity index (χ0) is 15.8. The molecule has 0 N–H and O–H groups in total. The van der Waals surface area contributed by atoms with Gasteiger partial charge in [0.15, 0.2) is 0 Å². The Morgan fingerprint density at radius 1 is 1.29 bits per heavy atom. The quantitative estimate of drug-likeness (QED) is 0.592. The number of para-hydroxylation sites is 1. The van der Waals surface area contributed by atoms with E-state index in [0.29, 0.717) is 0 Å². The summed E-state index contributed by atoms with van der Waals surface area (Å²) in [6, 6.07) is 7.85. The van der Waals surface area contributed by atoms with E-state index >= 15 is 0 Å². The summed E-state index contributed by atoms with van der Waals surface area (Å²) >= 11 is 5.76. The number of hydrogen-bond acceptors (Lipinski definition) is 5. The second-order valence-electron chi connectivity index (χ2n) is 4.00. The maximum Gasteiger partial charge on any atom is 0.300 e. The predicted octanol–water partition coefficient (Wildman–Crippen LogP) is 2.52. The van der Waals surface area contributed by atoms with E-state index in [-0.39, 0.29) is 36.5 Å². The van der Waals surface area contributed by atoms with Crippen LogP contribution in [0.2, 0.25) is 5.02 Å². The normalized spacial score (nSPS) is 9.48. The second-order valence-corrected chi connectivity index (χ2v) is 4.41. The van der Waals surface area contributed by atoms with Crippen molar-refractivity contribution < 1.29 is 9.72 Å². The third-order valence-corrected chi connectivity index (χ3v) is 2.98. The van der Waals surface area contributed by atoms with Crippen molar-refractivity contribution in [2.45, 2.75) is 12.8 Å². The van der Waals surface area contributed by atoms with Crippen molar-refractivity contribution in [2.75, 3.05) is 13.1 Å². The molecule has 7 nitrogen and oxygen atoms in total. The zero-order valence-electron chi connectivity index (χ0n) is 11.0. The van der Waals surface area contributed by atoms with Crippen LogP contribution in [0.25, 0.3) is 0 Å². The van der Waals surface area contributed by atoms with Crippen molar-refractivity contribution in [3.8, 4) is 12.1 Å². The van der Waals surface area contributed by atoms with E-state index in [1.807, 2.05) is 12.1 Å². The average molecular weight is 307 g/mol. The molecule has 0 unspecified atom stereocenters. The van der Waals surface area contributed by atoms with Crippen LogP contribution in [0.3, 0.4) is 0 Å². The van der Waals surface area contributed by atoms with E-state index in [9.17, 15) is 14.9 Å². The number of halogens is 1. The minimum Gasteiger partial charge on any atom is -0.336 e. The van der Waals surface area contributed by atoms with Gasteiger partial charge in [-0.2, -0.15) is 10.5 Å². The number of nitriles is 2. The van der Waals surface area contributed by atoms with Crippen LogP contribution in [0.15, 0.2) is 18.2 Å². The summed E-state index contributed by atoms with van der Waals surface area (Å²) in [5, 5.41) is 28.1. The molecule has 1 rings (SSSR count). The van der Waals surface area contributed by atoms with Crippen LogP contribution in [0.4, 0.5) is 5.69 Å². The van der Waals surface area contributed by atoms with Gasteiger partial charge in [0.25, 0.3) is 5.91 Å². The van der Waals surface area contributed by atoms with Gasteiger partial charge in [0.05, 0.1) is 29.9 Å². The summed E-state index contributed by atoms with van der Waals surface area (Å²) in [4.78, 5) is 23.9. The Morgan fingerprint density at radius 2 is 1.86 bits per heavy atom. The minimum atomic E-state index is -0.720. The van der Waals surface area contributed by atoms with Gasteiger partial charge in [-0.1, -0.05) is 17.7 Å². The van der Waals surface area contributed by atoms with Gasteiger partial charge >= 0.3 is 5.69 Å². The third kappa shape index (κ3) is 4.16. The summed E-state index contributed by atoms with van der Waals surface area (Å²) in [7, 11) is 0. The largest absolute Gasteiger partial charge is 0.336 e. The van der Waals surface area contributed by atoms with Gasteiger partial charge in [-0.15, -0.1) is 0 Å². The number of rotatable bonds is 6. The fraction of sp³-hybridized carbons (Fsp3) is 0.308. The smallest absolute Gasteiger partial charge is 0.300 e. The Morgan fingerprint density at radius 3 is 2.33 bits per heavy atom. The van der Waals surface area contributed by atoms with Crippen LogP contribution >= 0.6 is 11.6 Å². The van der Waals surface area contributed by atoms with Gasteiger partial charge in [-0.05, 0) is 12.1 Å². The first-order valence-electron chi connectivity index (χ1n) is 5.99. The summed E-state index contributed by atoms with van der Waals surface area (Å²) in [5.74, 6) is -0.616. The first-order chi connectivity index (χ1) is 10.0. The van der Waals surface area contributed by atoms with Crippen molar-refractivity contribution in [1.29, 1.82) is 10.5 Å². The standard InChI is InChI=1S/C13H11ClN4O3/c14-11-5-1-4-10(12(11)18(20)21)13(19)17(8-2-6-15)9-3-7-16/h1,4-5H,2-3,8-9H2. The van der Waals surface area contributed by atoms with Crippen LogP contribution in [0.5, 0.6) is 0 Å². The zero-order valence-corrected chi connectivity index (χ0v) is 11.7. The molecule has 0 saturated carbocycles. The highest BCUT2D eigenvalue weighted by molar-refractivity contribution is 6.33. The Balaban J connectivity index is 3.15. The Hall–Kier alpha value is -2.64. The van der Waals surface area contributed by atoms with Gasteiger partial charge in [-0.25, -0.2) is 0 Å². The topological polar surface area (TPSA) is 111 Å². The van der Waals surface area contributed by atoms with E-state index in [4.69, 9.17) is 22.1 Å². The minimum absolute atomic E-state index is 0.0749. The maximum absolute atomic E-state index is 12.4. The maximum atomic E-state index is 12.4. The monoisotopic (exact) mass is 306 g/mol. The molecule has 1 aromatic carbocycles. The molecule has 0 atom stereocenters. The lowest BCUT2D eigenvalue weighted by Gasteiger charge is -2.20. The number of hydrogen-bond donors (Lipinski definition) is 0. The Labute approximate surface area is 126 Å². The lowest BCUT2D eigenvalue weighted by Crippen LogP contribution is -2.33. The van der Waals surface area contributed by atoms with Gasteiger partial charge in [0.2, 0.25) is 0 Å². The SMILES string of the molecule is N#CCCN(CCC#N)C(=O)c1cccc(Cl)c1[N+](=O)[O-]. The third-order valence-electron chi connectivity index (χ3n) is 2.67. The van der Waals surface area contributed by atoms with Gasteiger partial charge in [0.1, 0.15) is 10.6 Å². The molecule has 0 fully saturated rings. The average Bonchev–Trinajstić information content (AvgIpc) is 2.46. The van der Waals surface area contributed by atoms with E-state index in [1.54, 1.807) is 0 Å². The van der Waals surface area contributed by atoms with Gasteiger partial charge in [0, 0.05) is 13.1 Å². The summed E-state index contributed by atoms with van der Waals surface area (Å²) in [6.07, 6.45) is 0.150. The highest BCUT2D eigenvalue weighted by Crippen LogP contribution is 2.29. The molecule has 0 aliphatic carbocycles. The molecule has 0 bridgehead atoms. The van der Waals surface area contributed by atoms with Crippen molar-refractivity contribution >= 4 is 23.2 Å². The summed E-state index contributed by atoms with van der Waals surface area (Å²) < 4.78 is 0. The second kappa shape index (κ2) is 7.83. The molecule has 8 heteroatoms. The number of nitro groups is 1. The molecular formula is C13H11ClN4O3. The molecule has 0 aromatic heterocycles. The van der Waals surface area contributed by atoms with E-state index in [0.717, 1.165) is 0 Å². The fourth-order valence-corrected chi connectivity index (χ4v) is 1.97. The predicted molar refractivity (Wildman–Crippen MR) is 74.5 cm³/mol. The molecule has 21 heavy (non-hydrogen) atoms. The van der Waals surface area contributed by atoms with Crippen LogP contribution in [-0.4, -0.2) is 28.8 Å². The highest BCUT2D eigenvalue weighted by Gasteiger charge is 2.26. The Bertz CT molecular complexity index is 615. The molecule has 0 heterocycles. The Kier molecular flexibility index (Phi) is 6.12. The lowest BCUT2D eigenvalue weighted by molar-refractivity contribution is -0.385. The highest BCUT2D eigenvalue weighted by atomic mass is 35.5. The fourth-order valence-electron chi connectivity index (χ4n) is 1.73. The summed E-state index contributed by atoms with van der Waals surface area (Å²) in [6.45, 7) is 0.196. The number of nitrogens with zero attached hydrogens (tertiary/aromatic N) is 4. The molecule has 0 aliphatic rings. The first kappa shape index (κ1) is 16.4. The van der Waals surface area contributed by atoms with Crippen molar-refractivity contribution in [3.63, 3.8) is 0 Å². The van der Waals surface area contributed by atoms with Crippen molar-refractivity contribution in [2.24, 2.45) is 0 Å². The molecule has 0 saturated heterocycles. The number of nitro benzene ring substituents is 1. The van der Waals surface area contributed by atoms with Crippen LogP contribution in [-0.2, 0) is 0 Å². The van der Waals surface area contributed by atoms with Crippen LogP contribution in [0, 0.1) is 32.8 Å². The molecule has 1 aromatic rings. The first-order valence-corrected chi connectivity index (χ1v) is 6.36. The lowest BCUT2D eigenvalue weighted by atomic mass is 10.1. The van der Waals surface area contributed by atoms with Crippen LogP contribution in [0.1, 0.15) is 23.2 Å². The molecule has 1 amide bonds. The number of amides is 1. The number of carbonyl (C=O) groups excluding carboxylic acids is 1. The molecule has 108 valence electrons. The number of carbonyl (C=O) groups is 1. The van der Waals surface area contributed by atoms with E-state index in [2.05, 4.69) is 0 Å². The van der Waals surface area contributed by atoms with Crippen LogP contribution < -0.4 is 0 Å². The van der Waals surface area contributed by atoms with E-state index < -0.39 is 16.5 Å². The number of benzene rings is 1. The van der Waals surface area contributed by atoms with Crippen molar-refractivity contribution in [3.05, 3.63) is 38.9 Å². The van der Waals surface area contributed by atoms with Crippen molar-refractivity contribution in [1.82, 2.24) is 4.90 Å². The molecule has 0 aliphatic heterocycles. The van der Waals surface area contributed by atoms with E-state index in [1.165, 1.54) is 23.1 Å². The van der Waals surface area contributed by atoms with Gasteiger partial charge in [-0.3, -0.25) is 14.9 Å². The van der Waals surface area contributed by atoms with Gasteiger partial charge < -0.3 is 4.90 Å². The molecular weight excluding hydrogens is 296 g/mol. The molecule has 0 spiro atoms.